The van der Waals surface area contributed by atoms with Gasteiger partial charge in [0.15, 0.2) is 0 Å². The van der Waals surface area contributed by atoms with Gasteiger partial charge in [-0.05, 0) is 24.6 Å². The van der Waals surface area contributed by atoms with E-state index < -0.39 is 0 Å². The van der Waals surface area contributed by atoms with Crippen LogP contribution in [0, 0.1) is 0 Å². The van der Waals surface area contributed by atoms with E-state index in [1.807, 2.05) is 36.6 Å². The van der Waals surface area contributed by atoms with Gasteiger partial charge in [0.2, 0.25) is 0 Å². The van der Waals surface area contributed by atoms with Crippen molar-refractivity contribution >= 4 is 41.5 Å². The molecular weight excluding hydrogens is 298 g/mol. The maximum Gasteiger partial charge on any atom is 0.264 e. The smallest absolute Gasteiger partial charge is 0.264 e. The Kier molecular flexibility index (Phi) is 4.55. The quantitative estimate of drug-likeness (QED) is 0.826. The maximum absolute atomic E-state index is 12.3. The molecule has 0 saturated heterocycles. The second-order valence-corrected chi connectivity index (χ2v) is 6.12. The normalized spacial score (nSPS) is 12.2. The lowest BCUT2D eigenvalue weighted by molar-refractivity contribution is 0.0747. The summed E-state index contributed by atoms with van der Waals surface area (Å²) in [5, 5.41) is 2.53. The van der Waals surface area contributed by atoms with Gasteiger partial charge in [-0.25, -0.2) is 0 Å². The third kappa shape index (κ3) is 3.14. The van der Waals surface area contributed by atoms with E-state index in [4.69, 9.17) is 11.6 Å². The van der Waals surface area contributed by atoms with Crippen LogP contribution in [0.3, 0.4) is 0 Å². The van der Waals surface area contributed by atoms with Crippen LogP contribution in [-0.2, 0) is 0 Å². The maximum atomic E-state index is 12.3. The van der Waals surface area contributed by atoms with E-state index in [0.29, 0.717) is 9.90 Å². The Morgan fingerprint density at radius 2 is 2.11 bits per heavy atom. The molecule has 0 N–H and O–H groups in total. The van der Waals surface area contributed by atoms with Crippen molar-refractivity contribution < 1.29 is 4.79 Å². The molecule has 1 aromatic heterocycles. The summed E-state index contributed by atoms with van der Waals surface area (Å²) in [6.07, 6.45) is 0. The predicted octanol–water partition coefficient (Wildman–Crippen LogP) is 4.52. The molecule has 1 atom stereocenters. The molecule has 0 aliphatic heterocycles. The number of thiophene rings is 1. The van der Waals surface area contributed by atoms with Crippen molar-refractivity contribution in [2.24, 2.45) is 0 Å². The van der Waals surface area contributed by atoms with E-state index in [1.54, 1.807) is 18.0 Å². The highest BCUT2D eigenvalue weighted by Gasteiger charge is 2.21. The number of carbonyl (C=O) groups is 1. The largest absolute Gasteiger partial charge is 0.334 e. The number of nitrogens with zero attached hydrogens (tertiary/aromatic N) is 1. The molecule has 1 aromatic carbocycles. The molecule has 1 amide bonds. The number of hydrogen-bond donors (Lipinski definition) is 1. The van der Waals surface area contributed by atoms with Crippen LogP contribution in [0.2, 0.25) is 5.02 Å². The summed E-state index contributed by atoms with van der Waals surface area (Å²) in [6.45, 7) is 1.97. The zero-order valence-electron chi connectivity index (χ0n) is 10.6. The first-order valence-electron chi connectivity index (χ1n) is 5.79. The number of hydrogen-bond acceptors (Lipinski definition) is 3. The van der Waals surface area contributed by atoms with Crippen LogP contribution in [0.1, 0.15) is 28.2 Å². The summed E-state index contributed by atoms with van der Waals surface area (Å²) in [5.74, 6) is -0.0160. The average molecular weight is 312 g/mol. The molecule has 0 spiro atoms. The number of rotatable bonds is 3. The van der Waals surface area contributed by atoms with Crippen LogP contribution in [0.5, 0.6) is 0 Å². The van der Waals surface area contributed by atoms with Crippen LogP contribution < -0.4 is 0 Å². The van der Waals surface area contributed by atoms with E-state index in [-0.39, 0.29) is 11.9 Å². The van der Waals surface area contributed by atoms with E-state index in [9.17, 15) is 4.79 Å². The number of amides is 1. The van der Waals surface area contributed by atoms with Crippen LogP contribution >= 0.6 is 35.6 Å². The van der Waals surface area contributed by atoms with Gasteiger partial charge in [0.05, 0.1) is 10.9 Å². The van der Waals surface area contributed by atoms with Gasteiger partial charge >= 0.3 is 0 Å². The first-order valence-corrected chi connectivity index (χ1v) is 7.50. The Bertz CT molecular complexity index is 597. The third-order valence-electron chi connectivity index (χ3n) is 3.05. The minimum absolute atomic E-state index is 0.0160. The lowest BCUT2D eigenvalue weighted by Gasteiger charge is -2.25. The highest BCUT2D eigenvalue weighted by Crippen LogP contribution is 2.28. The fourth-order valence-electron chi connectivity index (χ4n) is 1.81. The fourth-order valence-corrected chi connectivity index (χ4v) is 3.23. The molecule has 0 bridgehead atoms. The Balaban J connectivity index is 2.22. The minimum Gasteiger partial charge on any atom is -0.334 e. The summed E-state index contributed by atoms with van der Waals surface area (Å²) in [6, 6.07) is 9.29. The Hall–Kier alpha value is -0.970. The highest BCUT2D eigenvalue weighted by molar-refractivity contribution is 7.80. The lowest BCUT2D eigenvalue weighted by atomic mass is 10.1. The van der Waals surface area contributed by atoms with Crippen LogP contribution in [0.15, 0.2) is 40.6 Å². The van der Waals surface area contributed by atoms with Gasteiger partial charge in [-0.3, -0.25) is 4.79 Å². The fraction of sp³-hybridized carbons (Fsp3) is 0.214. The van der Waals surface area contributed by atoms with Crippen molar-refractivity contribution in [2.45, 2.75) is 17.9 Å². The number of benzene rings is 1. The third-order valence-corrected chi connectivity index (χ3v) is 4.75. The van der Waals surface area contributed by atoms with Gasteiger partial charge in [-0.15, -0.1) is 24.0 Å². The molecule has 5 heteroatoms. The summed E-state index contributed by atoms with van der Waals surface area (Å²) in [4.78, 5) is 15.5. The van der Waals surface area contributed by atoms with Crippen LogP contribution in [0.4, 0.5) is 0 Å². The van der Waals surface area contributed by atoms with E-state index in [2.05, 4.69) is 12.6 Å². The van der Waals surface area contributed by atoms with Crippen molar-refractivity contribution in [3.63, 3.8) is 0 Å². The molecule has 0 aliphatic carbocycles. The molecule has 100 valence electrons. The molecule has 2 nitrogen and oxygen atoms in total. The van der Waals surface area contributed by atoms with Gasteiger partial charge in [-0.1, -0.05) is 29.8 Å². The second kappa shape index (κ2) is 5.99. The molecule has 0 fully saturated rings. The van der Waals surface area contributed by atoms with Gasteiger partial charge < -0.3 is 4.90 Å². The molecule has 1 unspecified atom stereocenters. The van der Waals surface area contributed by atoms with E-state index in [0.717, 1.165) is 10.5 Å². The van der Waals surface area contributed by atoms with Crippen molar-refractivity contribution in [2.75, 3.05) is 7.05 Å². The molecule has 0 radical (unpaired) electrons. The Labute approximate surface area is 127 Å². The SMILES string of the molecule is CC(c1ccccc1Cl)N(C)C(=O)c1cc(S)cs1. The van der Waals surface area contributed by atoms with Gasteiger partial charge in [0.1, 0.15) is 0 Å². The minimum atomic E-state index is -0.0772. The molecular formula is C14H14ClNOS2. The first kappa shape index (κ1) is 14.4. The zero-order valence-corrected chi connectivity index (χ0v) is 13.1. The summed E-state index contributed by atoms with van der Waals surface area (Å²) in [5.41, 5.74) is 0.947. The summed E-state index contributed by atoms with van der Waals surface area (Å²) < 4.78 is 0. The van der Waals surface area contributed by atoms with Crippen molar-refractivity contribution in [1.29, 1.82) is 0 Å². The molecule has 2 rings (SSSR count). The molecule has 0 saturated carbocycles. The summed E-state index contributed by atoms with van der Waals surface area (Å²) >= 11 is 11.8. The van der Waals surface area contributed by atoms with Gasteiger partial charge in [-0.2, -0.15) is 0 Å². The Morgan fingerprint density at radius 3 is 2.68 bits per heavy atom. The molecule has 2 aromatic rings. The highest BCUT2D eigenvalue weighted by atomic mass is 35.5. The van der Waals surface area contributed by atoms with Crippen molar-refractivity contribution in [3.05, 3.63) is 51.2 Å². The van der Waals surface area contributed by atoms with Crippen LogP contribution in [-0.4, -0.2) is 17.9 Å². The van der Waals surface area contributed by atoms with Gasteiger partial charge in [0, 0.05) is 22.3 Å². The molecule has 19 heavy (non-hydrogen) atoms. The van der Waals surface area contributed by atoms with Crippen molar-refractivity contribution in [1.82, 2.24) is 4.90 Å². The second-order valence-electron chi connectivity index (χ2n) is 4.28. The van der Waals surface area contributed by atoms with Crippen molar-refractivity contribution in [3.8, 4) is 0 Å². The predicted molar refractivity (Wildman–Crippen MR) is 83.5 cm³/mol. The first-order chi connectivity index (χ1) is 9.00. The number of halogens is 1. The standard InChI is InChI=1S/C14H14ClNOS2/c1-9(11-5-3-4-6-12(11)15)16(2)14(17)13-7-10(18)8-19-13/h3-9,18H,1-2H3. The topological polar surface area (TPSA) is 20.3 Å². The average Bonchev–Trinajstić information content (AvgIpc) is 2.83. The monoisotopic (exact) mass is 311 g/mol. The lowest BCUT2D eigenvalue weighted by Crippen LogP contribution is -2.29. The van der Waals surface area contributed by atoms with E-state index >= 15 is 0 Å². The number of carbonyl (C=O) groups excluding carboxylic acids is 1. The molecule has 0 aliphatic rings. The summed E-state index contributed by atoms with van der Waals surface area (Å²) in [7, 11) is 1.79. The Morgan fingerprint density at radius 1 is 1.42 bits per heavy atom. The zero-order chi connectivity index (χ0) is 14.0. The van der Waals surface area contributed by atoms with Gasteiger partial charge in [0.25, 0.3) is 5.91 Å². The number of thiol groups is 1. The molecule has 1 heterocycles. The van der Waals surface area contributed by atoms with E-state index in [1.165, 1.54) is 11.3 Å². The van der Waals surface area contributed by atoms with Crippen LogP contribution in [0.25, 0.3) is 0 Å².